The number of methoxy groups -OCH3 is 2. The predicted octanol–water partition coefficient (Wildman–Crippen LogP) is 5.40. The van der Waals surface area contributed by atoms with Gasteiger partial charge in [0, 0.05) is 38.0 Å². The van der Waals surface area contributed by atoms with Crippen molar-refractivity contribution in [2.24, 2.45) is 0 Å². The van der Waals surface area contributed by atoms with Crippen molar-refractivity contribution >= 4 is 50.3 Å². The fourth-order valence-electron chi connectivity index (χ4n) is 4.02. The summed E-state index contributed by atoms with van der Waals surface area (Å²) in [6.45, 7) is 0. The molecule has 5 rings (SSSR count). The first-order valence-corrected chi connectivity index (χ1v) is 12.1. The van der Waals surface area contributed by atoms with Crippen molar-refractivity contribution in [3.05, 3.63) is 104 Å². The SMILES string of the molecule is COc1cc(OC)c(-c2cc3ccccc3s2)cc1C=CC(=O)c1ccc(Nc2c(N)c(=O)c2=O)cc1. The Morgan fingerprint density at radius 1 is 0.919 bits per heavy atom. The van der Waals surface area contributed by atoms with E-state index in [2.05, 4.69) is 23.5 Å². The first-order valence-electron chi connectivity index (χ1n) is 11.3. The number of carbonyl (C=O) groups excluding carboxylic acids is 1. The third kappa shape index (κ3) is 4.50. The maximum Gasteiger partial charge on any atom is 0.253 e. The molecule has 3 N–H and O–H groups in total. The minimum absolute atomic E-state index is 0.0741. The van der Waals surface area contributed by atoms with E-state index in [-0.39, 0.29) is 17.2 Å². The summed E-state index contributed by atoms with van der Waals surface area (Å²) in [5.74, 6) is 1.05. The molecule has 7 nitrogen and oxygen atoms in total. The average molecular weight is 511 g/mol. The number of nitrogens with one attached hydrogen (secondary N) is 1. The van der Waals surface area contributed by atoms with E-state index in [0.29, 0.717) is 22.7 Å². The summed E-state index contributed by atoms with van der Waals surface area (Å²) in [5.41, 5.74) is 6.84. The summed E-state index contributed by atoms with van der Waals surface area (Å²) in [6, 6.07) is 20.6. The molecule has 0 spiro atoms. The number of rotatable bonds is 8. The van der Waals surface area contributed by atoms with Gasteiger partial charge in [-0.3, -0.25) is 14.4 Å². The maximum atomic E-state index is 12.9. The molecule has 0 radical (unpaired) electrons. The van der Waals surface area contributed by atoms with Crippen molar-refractivity contribution in [2.75, 3.05) is 25.3 Å². The number of ketones is 1. The highest BCUT2D eigenvalue weighted by molar-refractivity contribution is 7.22. The van der Waals surface area contributed by atoms with Crippen LogP contribution in [0.4, 0.5) is 17.1 Å². The van der Waals surface area contributed by atoms with Gasteiger partial charge in [0.2, 0.25) is 0 Å². The number of anilines is 3. The molecule has 37 heavy (non-hydrogen) atoms. The van der Waals surface area contributed by atoms with Crippen LogP contribution in [0.2, 0.25) is 0 Å². The Labute approximate surface area is 216 Å². The molecular formula is C29H22N2O5S. The van der Waals surface area contributed by atoms with Crippen molar-refractivity contribution in [1.82, 2.24) is 0 Å². The standard InChI is InChI=1S/C29H22N2O5S/c1-35-22-15-23(36-2)20(25-14-18-5-3-4-6-24(18)37-25)13-17(22)9-12-21(32)16-7-10-19(11-8-16)31-27-26(30)28(33)29(27)34/h3-15,31H,30H2,1-2H3. The van der Waals surface area contributed by atoms with Gasteiger partial charge in [-0.15, -0.1) is 11.3 Å². The zero-order valence-electron chi connectivity index (χ0n) is 20.0. The second-order valence-electron chi connectivity index (χ2n) is 8.29. The van der Waals surface area contributed by atoms with Gasteiger partial charge in [0.05, 0.1) is 14.2 Å². The molecule has 8 heteroatoms. The normalized spacial score (nSPS) is 11.3. The van der Waals surface area contributed by atoms with Gasteiger partial charge in [0.25, 0.3) is 10.9 Å². The van der Waals surface area contributed by atoms with Crippen molar-refractivity contribution in [2.45, 2.75) is 0 Å². The van der Waals surface area contributed by atoms with Gasteiger partial charge in [-0.2, -0.15) is 0 Å². The van der Waals surface area contributed by atoms with Gasteiger partial charge in [-0.25, -0.2) is 0 Å². The Morgan fingerprint density at radius 2 is 1.65 bits per heavy atom. The molecule has 0 amide bonds. The third-order valence-corrected chi connectivity index (χ3v) is 7.19. The Balaban J connectivity index is 1.40. The minimum Gasteiger partial charge on any atom is -0.496 e. The van der Waals surface area contributed by atoms with Gasteiger partial charge >= 0.3 is 0 Å². The van der Waals surface area contributed by atoms with Crippen LogP contribution in [0.15, 0.2) is 82.4 Å². The lowest BCUT2D eigenvalue weighted by Crippen LogP contribution is -2.36. The van der Waals surface area contributed by atoms with Crippen LogP contribution in [-0.4, -0.2) is 20.0 Å². The van der Waals surface area contributed by atoms with Crippen molar-refractivity contribution in [1.29, 1.82) is 0 Å². The Bertz CT molecular complexity index is 1710. The topological polar surface area (TPSA) is 108 Å². The number of hydrogen-bond donors (Lipinski definition) is 2. The average Bonchev–Trinajstić information content (AvgIpc) is 3.38. The number of allylic oxidation sites excluding steroid dienone is 1. The maximum absolute atomic E-state index is 12.9. The first kappa shape index (κ1) is 24.0. The summed E-state index contributed by atoms with van der Waals surface area (Å²) in [5, 5.41) is 3.97. The van der Waals surface area contributed by atoms with Crippen LogP contribution in [-0.2, 0) is 0 Å². The zero-order chi connectivity index (χ0) is 26.1. The molecule has 5 aromatic rings. The third-order valence-electron chi connectivity index (χ3n) is 6.04. The van der Waals surface area contributed by atoms with Crippen LogP contribution in [0.1, 0.15) is 15.9 Å². The highest BCUT2D eigenvalue weighted by Crippen LogP contribution is 2.41. The fraction of sp³-hybridized carbons (Fsp3) is 0.0690. The number of benzene rings is 3. The van der Waals surface area contributed by atoms with Gasteiger partial charge in [-0.05, 0) is 60.0 Å². The van der Waals surface area contributed by atoms with Gasteiger partial charge in [0.1, 0.15) is 22.9 Å². The van der Waals surface area contributed by atoms with E-state index < -0.39 is 10.9 Å². The number of carbonyl (C=O) groups is 1. The molecule has 0 bridgehead atoms. The largest absolute Gasteiger partial charge is 0.496 e. The van der Waals surface area contributed by atoms with Gasteiger partial charge in [0.15, 0.2) is 5.78 Å². The summed E-state index contributed by atoms with van der Waals surface area (Å²) in [6.07, 6.45) is 3.20. The molecule has 0 aliphatic carbocycles. The number of hydrogen-bond acceptors (Lipinski definition) is 8. The molecule has 1 heterocycles. The minimum atomic E-state index is -0.691. The number of nitrogen functional groups attached to an aromatic ring is 1. The molecule has 0 aliphatic rings. The summed E-state index contributed by atoms with van der Waals surface area (Å²) in [4.78, 5) is 36.8. The zero-order valence-corrected chi connectivity index (χ0v) is 20.8. The Kier molecular flexibility index (Phi) is 6.33. The van der Waals surface area contributed by atoms with Crippen LogP contribution in [0, 0.1) is 0 Å². The molecule has 0 atom stereocenters. The van der Waals surface area contributed by atoms with Crippen LogP contribution >= 0.6 is 11.3 Å². The second-order valence-corrected chi connectivity index (χ2v) is 9.37. The summed E-state index contributed by atoms with van der Waals surface area (Å²) >= 11 is 1.67. The first-order chi connectivity index (χ1) is 17.9. The lowest BCUT2D eigenvalue weighted by atomic mass is 10.0. The Hall–Kier alpha value is -4.69. The molecule has 0 aliphatic heterocycles. The van der Waals surface area contributed by atoms with Crippen LogP contribution in [0.3, 0.4) is 0 Å². The number of ether oxygens (including phenoxy) is 2. The van der Waals surface area contributed by atoms with Crippen molar-refractivity contribution < 1.29 is 14.3 Å². The van der Waals surface area contributed by atoms with E-state index in [9.17, 15) is 14.4 Å². The molecule has 0 fully saturated rings. The van der Waals surface area contributed by atoms with Crippen LogP contribution < -0.4 is 31.4 Å². The quantitative estimate of drug-likeness (QED) is 0.163. The summed E-state index contributed by atoms with van der Waals surface area (Å²) < 4.78 is 12.4. The fourth-order valence-corrected chi connectivity index (χ4v) is 5.10. The molecule has 0 saturated heterocycles. The highest BCUT2D eigenvalue weighted by atomic mass is 32.1. The van der Waals surface area contributed by atoms with Crippen molar-refractivity contribution in [3.8, 4) is 21.9 Å². The van der Waals surface area contributed by atoms with Gasteiger partial charge in [-0.1, -0.05) is 18.2 Å². The monoisotopic (exact) mass is 510 g/mol. The molecule has 1 aromatic heterocycles. The molecule has 184 valence electrons. The second kappa shape index (κ2) is 9.75. The van der Waals surface area contributed by atoms with Crippen molar-refractivity contribution in [3.63, 3.8) is 0 Å². The molecule has 4 aromatic carbocycles. The van der Waals surface area contributed by atoms with E-state index in [1.165, 1.54) is 10.8 Å². The van der Waals surface area contributed by atoms with E-state index in [0.717, 1.165) is 21.4 Å². The summed E-state index contributed by atoms with van der Waals surface area (Å²) in [7, 11) is 3.19. The smallest absolute Gasteiger partial charge is 0.253 e. The number of nitrogens with two attached hydrogens (primary N) is 1. The van der Waals surface area contributed by atoms with E-state index >= 15 is 0 Å². The van der Waals surface area contributed by atoms with E-state index in [1.54, 1.807) is 55.9 Å². The van der Waals surface area contributed by atoms with Crippen LogP contribution in [0.25, 0.3) is 26.6 Å². The molecule has 0 saturated carbocycles. The van der Waals surface area contributed by atoms with E-state index in [4.69, 9.17) is 15.2 Å². The number of fused-ring (bicyclic) bond motifs is 1. The van der Waals surface area contributed by atoms with Crippen LogP contribution in [0.5, 0.6) is 11.5 Å². The van der Waals surface area contributed by atoms with E-state index in [1.807, 2.05) is 24.3 Å². The molecule has 0 unspecified atom stereocenters. The lowest BCUT2D eigenvalue weighted by Gasteiger charge is -2.12. The Morgan fingerprint density at radius 3 is 2.32 bits per heavy atom. The predicted molar refractivity (Wildman–Crippen MR) is 149 cm³/mol. The van der Waals surface area contributed by atoms with Gasteiger partial charge < -0.3 is 20.5 Å². The lowest BCUT2D eigenvalue weighted by molar-refractivity contribution is 0.104. The highest BCUT2D eigenvalue weighted by Gasteiger charge is 2.18. The number of thiophene rings is 1. The molecular weight excluding hydrogens is 488 g/mol.